The van der Waals surface area contributed by atoms with E-state index in [-0.39, 0.29) is 0 Å². The van der Waals surface area contributed by atoms with Gasteiger partial charge in [0.15, 0.2) is 0 Å². The number of aryl methyl sites for hydroxylation is 1. The molecule has 74 valence electrons. The molecule has 0 aliphatic carbocycles. The summed E-state index contributed by atoms with van der Waals surface area (Å²) in [6.45, 7) is 5.32. The standard InChI is InChI=1S/C11H12FNO/c1-7-5-4-6-8-9(7)11(2,3)13(12)10(8)14/h4-6H,1-3H3. The Balaban J connectivity index is 2.75. The molecular formula is C11H12FNO. The summed E-state index contributed by atoms with van der Waals surface area (Å²) in [5.41, 5.74) is 1.41. The molecule has 14 heavy (non-hydrogen) atoms. The molecule has 0 saturated carbocycles. The molecule has 0 fully saturated rings. The second-order valence-electron chi connectivity index (χ2n) is 4.14. The maximum Gasteiger partial charge on any atom is 0.282 e. The van der Waals surface area contributed by atoms with E-state index in [2.05, 4.69) is 0 Å². The molecule has 0 aromatic heterocycles. The Bertz CT molecular complexity index is 412. The number of carbonyl (C=O) groups excluding carboxylic acids is 1. The topological polar surface area (TPSA) is 20.3 Å². The first-order chi connectivity index (χ1) is 6.46. The maximum absolute atomic E-state index is 13.6. The Hall–Kier alpha value is -1.38. The molecule has 0 radical (unpaired) electrons. The number of amides is 1. The van der Waals surface area contributed by atoms with Gasteiger partial charge in [0.1, 0.15) is 0 Å². The number of fused-ring (bicyclic) bond motifs is 1. The molecule has 3 heteroatoms. The first-order valence-corrected chi connectivity index (χ1v) is 4.56. The van der Waals surface area contributed by atoms with Crippen LogP contribution in [0.4, 0.5) is 4.48 Å². The quantitative estimate of drug-likeness (QED) is 0.580. The average molecular weight is 193 g/mol. The van der Waals surface area contributed by atoms with Crippen LogP contribution in [-0.4, -0.2) is 11.0 Å². The zero-order chi connectivity index (χ0) is 10.5. The van der Waals surface area contributed by atoms with Gasteiger partial charge in [-0.05, 0) is 38.0 Å². The normalized spacial score (nSPS) is 18.6. The highest BCUT2D eigenvalue weighted by atomic mass is 19.2. The largest absolute Gasteiger partial charge is 0.282 e. The molecular weight excluding hydrogens is 181 g/mol. The predicted octanol–water partition coefficient (Wildman–Crippen LogP) is 2.57. The van der Waals surface area contributed by atoms with E-state index >= 15 is 0 Å². The van der Waals surface area contributed by atoms with Crippen molar-refractivity contribution >= 4 is 5.91 Å². The van der Waals surface area contributed by atoms with E-state index in [9.17, 15) is 9.28 Å². The van der Waals surface area contributed by atoms with Crippen LogP contribution in [0.1, 0.15) is 35.3 Å². The molecule has 0 unspecified atom stereocenters. The number of nitrogens with zero attached hydrogens (tertiary/aromatic N) is 1. The third kappa shape index (κ3) is 0.924. The first kappa shape index (κ1) is 9.19. The van der Waals surface area contributed by atoms with Gasteiger partial charge >= 0.3 is 0 Å². The first-order valence-electron chi connectivity index (χ1n) is 4.56. The van der Waals surface area contributed by atoms with Crippen molar-refractivity contribution in [3.63, 3.8) is 0 Å². The summed E-state index contributed by atoms with van der Waals surface area (Å²) >= 11 is 0. The van der Waals surface area contributed by atoms with Crippen LogP contribution >= 0.6 is 0 Å². The third-order valence-corrected chi connectivity index (χ3v) is 2.78. The fraction of sp³-hybridized carbons (Fsp3) is 0.364. The van der Waals surface area contributed by atoms with Crippen LogP contribution in [0.5, 0.6) is 0 Å². The fourth-order valence-electron chi connectivity index (χ4n) is 2.12. The van der Waals surface area contributed by atoms with Gasteiger partial charge in [0.25, 0.3) is 5.91 Å². The zero-order valence-corrected chi connectivity index (χ0v) is 8.47. The molecule has 0 spiro atoms. The molecule has 0 atom stereocenters. The van der Waals surface area contributed by atoms with E-state index < -0.39 is 11.4 Å². The van der Waals surface area contributed by atoms with Crippen molar-refractivity contribution in [3.05, 3.63) is 34.9 Å². The highest BCUT2D eigenvalue weighted by Gasteiger charge is 2.44. The Labute approximate surface area is 82.3 Å². The lowest BCUT2D eigenvalue weighted by Gasteiger charge is -2.24. The van der Waals surface area contributed by atoms with Crippen molar-refractivity contribution in [2.75, 3.05) is 0 Å². The minimum atomic E-state index is -0.836. The number of halogens is 1. The van der Waals surface area contributed by atoms with E-state index in [0.717, 1.165) is 11.1 Å². The smallest absolute Gasteiger partial charge is 0.266 e. The van der Waals surface area contributed by atoms with Crippen molar-refractivity contribution in [3.8, 4) is 0 Å². The van der Waals surface area contributed by atoms with Crippen LogP contribution in [0.25, 0.3) is 0 Å². The van der Waals surface area contributed by atoms with Gasteiger partial charge in [-0.1, -0.05) is 16.6 Å². The summed E-state index contributed by atoms with van der Waals surface area (Å²) < 4.78 is 13.6. The van der Waals surface area contributed by atoms with Gasteiger partial charge in [-0.2, -0.15) is 5.12 Å². The van der Waals surface area contributed by atoms with Crippen molar-refractivity contribution in [1.29, 1.82) is 0 Å². The Kier molecular flexibility index (Phi) is 1.68. The van der Waals surface area contributed by atoms with E-state index in [4.69, 9.17) is 0 Å². The summed E-state index contributed by atoms with van der Waals surface area (Å²) in [6.07, 6.45) is 0. The number of hydrogen-bond acceptors (Lipinski definition) is 1. The number of carbonyl (C=O) groups is 1. The van der Waals surface area contributed by atoms with Gasteiger partial charge in [-0.3, -0.25) is 4.79 Å². The Morgan fingerprint density at radius 3 is 2.57 bits per heavy atom. The highest BCUT2D eigenvalue weighted by Crippen LogP contribution is 2.40. The van der Waals surface area contributed by atoms with Gasteiger partial charge in [0.2, 0.25) is 0 Å². The van der Waals surface area contributed by atoms with Crippen molar-refractivity contribution < 1.29 is 9.28 Å². The van der Waals surface area contributed by atoms with Gasteiger partial charge in [-0.25, -0.2) is 0 Å². The summed E-state index contributed by atoms with van der Waals surface area (Å²) in [5, 5.41) is 0.310. The lowest BCUT2D eigenvalue weighted by Crippen LogP contribution is -2.32. The van der Waals surface area contributed by atoms with Gasteiger partial charge in [0.05, 0.1) is 5.54 Å². The fourth-order valence-corrected chi connectivity index (χ4v) is 2.12. The SMILES string of the molecule is Cc1cccc2c1C(C)(C)N(F)C2=O. The summed E-state index contributed by atoms with van der Waals surface area (Å²) in [6, 6.07) is 5.35. The van der Waals surface area contributed by atoms with E-state index in [0.29, 0.717) is 10.7 Å². The van der Waals surface area contributed by atoms with Gasteiger partial charge in [-0.15, -0.1) is 0 Å². The molecule has 0 bridgehead atoms. The van der Waals surface area contributed by atoms with Crippen LogP contribution in [0.2, 0.25) is 0 Å². The highest BCUT2D eigenvalue weighted by molar-refractivity contribution is 5.99. The van der Waals surface area contributed by atoms with Crippen LogP contribution < -0.4 is 0 Å². The lowest BCUT2D eigenvalue weighted by molar-refractivity contribution is -0.0315. The Morgan fingerprint density at radius 1 is 1.36 bits per heavy atom. The second kappa shape index (κ2) is 2.56. The van der Waals surface area contributed by atoms with Crippen molar-refractivity contribution in [2.45, 2.75) is 26.3 Å². The third-order valence-electron chi connectivity index (χ3n) is 2.78. The minimum Gasteiger partial charge on any atom is -0.266 e. The summed E-state index contributed by atoms with van der Waals surface area (Å²) in [7, 11) is 0. The van der Waals surface area contributed by atoms with Gasteiger partial charge < -0.3 is 0 Å². The summed E-state index contributed by atoms with van der Waals surface area (Å²) in [4.78, 5) is 11.5. The van der Waals surface area contributed by atoms with Crippen LogP contribution in [0, 0.1) is 6.92 Å². The molecule has 1 aromatic carbocycles. The number of hydrogen-bond donors (Lipinski definition) is 0. The van der Waals surface area contributed by atoms with E-state index in [1.807, 2.05) is 13.0 Å². The van der Waals surface area contributed by atoms with Crippen LogP contribution in [0.15, 0.2) is 18.2 Å². The summed E-state index contributed by atoms with van der Waals surface area (Å²) in [5.74, 6) is -0.534. The molecule has 1 aliphatic heterocycles. The molecule has 0 N–H and O–H groups in total. The molecule has 1 heterocycles. The Morgan fingerprint density at radius 2 is 2.00 bits per heavy atom. The van der Waals surface area contributed by atoms with Crippen LogP contribution in [0.3, 0.4) is 0 Å². The van der Waals surface area contributed by atoms with E-state index in [1.165, 1.54) is 0 Å². The average Bonchev–Trinajstić information content (AvgIpc) is 2.29. The van der Waals surface area contributed by atoms with E-state index in [1.54, 1.807) is 26.0 Å². The van der Waals surface area contributed by atoms with Crippen molar-refractivity contribution in [2.24, 2.45) is 0 Å². The lowest BCUT2D eigenvalue weighted by atomic mass is 9.90. The van der Waals surface area contributed by atoms with Crippen molar-refractivity contribution in [1.82, 2.24) is 5.12 Å². The molecule has 2 rings (SSSR count). The predicted molar refractivity (Wildman–Crippen MR) is 51.5 cm³/mol. The molecule has 2 nitrogen and oxygen atoms in total. The van der Waals surface area contributed by atoms with Crippen LogP contribution in [-0.2, 0) is 5.54 Å². The van der Waals surface area contributed by atoms with Gasteiger partial charge in [0, 0.05) is 5.56 Å². The molecule has 0 saturated heterocycles. The molecule has 1 amide bonds. The number of rotatable bonds is 0. The number of benzene rings is 1. The zero-order valence-electron chi connectivity index (χ0n) is 8.47. The molecule has 1 aliphatic rings. The maximum atomic E-state index is 13.6. The second-order valence-corrected chi connectivity index (χ2v) is 4.14. The minimum absolute atomic E-state index is 0.310. The molecule has 1 aromatic rings. The monoisotopic (exact) mass is 193 g/mol.